The Morgan fingerprint density at radius 2 is 2.25 bits per heavy atom. The van der Waals surface area contributed by atoms with Gasteiger partial charge in [0.05, 0.1) is 0 Å². The van der Waals surface area contributed by atoms with Crippen molar-refractivity contribution in [3.05, 3.63) is 0 Å². The molecule has 72 valence electrons. The molecule has 1 saturated heterocycles. The summed E-state index contributed by atoms with van der Waals surface area (Å²) in [4.78, 5) is 0. The molecule has 2 heteroatoms. The highest BCUT2D eigenvalue weighted by Gasteiger charge is 2.34. The van der Waals surface area contributed by atoms with E-state index in [0.717, 1.165) is 5.92 Å². The van der Waals surface area contributed by atoms with Crippen molar-refractivity contribution in [3.63, 3.8) is 0 Å². The summed E-state index contributed by atoms with van der Waals surface area (Å²) >= 11 is 2.12. The van der Waals surface area contributed by atoms with Gasteiger partial charge < -0.3 is 5.73 Å². The minimum absolute atomic E-state index is 0.381. The Hall–Kier alpha value is 0.310. The molecule has 0 saturated carbocycles. The minimum atomic E-state index is 0.381. The number of hydrogen-bond donors (Lipinski definition) is 1. The second-order valence-corrected chi connectivity index (χ2v) is 6.24. The Labute approximate surface area is 80.5 Å². The van der Waals surface area contributed by atoms with E-state index in [9.17, 15) is 0 Å². The van der Waals surface area contributed by atoms with Gasteiger partial charge in [-0.25, -0.2) is 0 Å². The first-order valence-electron chi connectivity index (χ1n) is 4.92. The van der Waals surface area contributed by atoms with Crippen LogP contribution >= 0.6 is 11.8 Å². The van der Waals surface area contributed by atoms with E-state index in [4.69, 9.17) is 5.73 Å². The lowest BCUT2D eigenvalue weighted by molar-refractivity contribution is 0.383. The summed E-state index contributed by atoms with van der Waals surface area (Å²) in [7, 11) is 0. The average molecular weight is 187 g/mol. The molecule has 12 heavy (non-hydrogen) atoms. The van der Waals surface area contributed by atoms with Gasteiger partial charge in [0, 0.05) is 10.8 Å². The summed E-state index contributed by atoms with van der Waals surface area (Å²) < 4.78 is 0.509. The maximum absolute atomic E-state index is 5.75. The van der Waals surface area contributed by atoms with Crippen LogP contribution in [0.5, 0.6) is 0 Å². The van der Waals surface area contributed by atoms with Gasteiger partial charge in [-0.05, 0) is 37.9 Å². The smallest absolute Gasteiger partial charge is 0.0132 e. The van der Waals surface area contributed by atoms with Crippen LogP contribution < -0.4 is 5.73 Å². The molecule has 0 aromatic rings. The zero-order valence-corrected chi connectivity index (χ0v) is 9.29. The molecule has 1 aliphatic rings. The highest BCUT2D eigenvalue weighted by molar-refractivity contribution is 8.00. The fourth-order valence-electron chi connectivity index (χ4n) is 1.89. The van der Waals surface area contributed by atoms with E-state index < -0.39 is 0 Å². The average Bonchev–Trinajstić information content (AvgIpc) is 2.25. The van der Waals surface area contributed by atoms with Crippen LogP contribution in [0.25, 0.3) is 0 Å². The Bertz CT molecular complexity index is 143. The Balaban J connectivity index is 2.32. The zero-order chi connectivity index (χ0) is 9.19. The van der Waals surface area contributed by atoms with Gasteiger partial charge in [0.15, 0.2) is 0 Å². The number of rotatable bonds is 3. The lowest BCUT2D eigenvalue weighted by Crippen LogP contribution is -2.24. The molecular formula is C10H21NS. The minimum Gasteiger partial charge on any atom is -0.328 e. The lowest BCUT2D eigenvalue weighted by Gasteiger charge is -2.26. The van der Waals surface area contributed by atoms with Crippen molar-refractivity contribution in [3.8, 4) is 0 Å². The van der Waals surface area contributed by atoms with Gasteiger partial charge in [-0.1, -0.05) is 13.8 Å². The summed E-state index contributed by atoms with van der Waals surface area (Å²) in [5, 5.41) is 0. The molecule has 1 rings (SSSR count). The van der Waals surface area contributed by atoms with Crippen LogP contribution in [0.1, 0.15) is 40.0 Å². The fraction of sp³-hybridized carbons (Fsp3) is 1.00. The monoisotopic (exact) mass is 187 g/mol. The summed E-state index contributed by atoms with van der Waals surface area (Å²) in [6, 6.07) is 0.381. The largest absolute Gasteiger partial charge is 0.328 e. The van der Waals surface area contributed by atoms with Crippen molar-refractivity contribution in [2.45, 2.75) is 50.8 Å². The Morgan fingerprint density at radius 1 is 1.58 bits per heavy atom. The van der Waals surface area contributed by atoms with E-state index in [1.165, 1.54) is 25.0 Å². The van der Waals surface area contributed by atoms with Crippen LogP contribution in [-0.2, 0) is 0 Å². The highest BCUT2D eigenvalue weighted by Crippen LogP contribution is 2.44. The number of nitrogens with two attached hydrogens (primary N) is 1. The molecule has 1 fully saturated rings. The second-order valence-electron chi connectivity index (χ2n) is 4.49. The molecule has 2 atom stereocenters. The van der Waals surface area contributed by atoms with Crippen LogP contribution in [0.15, 0.2) is 0 Å². The van der Waals surface area contributed by atoms with E-state index in [1.54, 1.807) is 0 Å². The molecule has 0 bridgehead atoms. The van der Waals surface area contributed by atoms with Crippen molar-refractivity contribution in [1.82, 2.24) is 0 Å². The first-order valence-corrected chi connectivity index (χ1v) is 5.90. The highest BCUT2D eigenvalue weighted by atomic mass is 32.2. The third kappa shape index (κ3) is 2.67. The SMILES string of the molecule is C[C@@H](N)CCC1CCSC1(C)C. The summed E-state index contributed by atoms with van der Waals surface area (Å²) in [5.41, 5.74) is 5.75. The number of hydrogen-bond acceptors (Lipinski definition) is 2. The van der Waals surface area contributed by atoms with Gasteiger partial charge in [-0.15, -0.1) is 0 Å². The number of thioether (sulfide) groups is 1. The summed E-state index contributed by atoms with van der Waals surface area (Å²) in [5.74, 6) is 2.24. The lowest BCUT2D eigenvalue weighted by atomic mass is 9.87. The maximum Gasteiger partial charge on any atom is 0.0132 e. The maximum atomic E-state index is 5.75. The van der Waals surface area contributed by atoms with Crippen molar-refractivity contribution >= 4 is 11.8 Å². The van der Waals surface area contributed by atoms with E-state index in [-0.39, 0.29) is 0 Å². The van der Waals surface area contributed by atoms with Crippen molar-refractivity contribution in [2.24, 2.45) is 11.7 Å². The standard InChI is InChI=1S/C10H21NS/c1-8(11)4-5-9-6-7-12-10(9,2)3/h8-9H,4-7,11H2,1-3H3/t8-,9?/m1/s1. The predicted molar refractivity (Wildman–Crippen MR) is 57.5 cm³/mol. The van der Waals surface area contributed by atoms with Crippen molar-refractivity contribution < 1.29 is 0 Å². The van der Waals surface area contributed by atoms with Crippen LogP contribution in [0, 0.1) is 5.92 Å². The molecule has 0 amide bonds. The molecule has 1 aliphatic heterocycles. The Kier molecular flexibility index (Phi) is 3.47. The molecule has 0 aromatic heterocycles. The van der Waals surface area contributed by atoms with Gasteiger partial charge in [0.1, 0.15) is 0 Å². The molecule has 0 aromatic carbocycles. The van der Waals surface area contributed by atoms with E-state index in [2.05, 4.69) is 32.5 Å². The topological polar surface area (TPSA) is 26.0 Å². The molecule has 1 unspecified atom stereocenters. The third-order valence-electron chi connectivity index (χ3n) is 2.89. The molecule has 1 nitrogen and oxygen atoms in total. The molecule has 2 N–H and O–H groups in total. The van der Waals surface area contributed by atoms with E-state index >= 15 is 0 Å². The first-order chi connectivity index (χ1) is 5.52. The first kappa shape index (κ1) is 10.4. The predicted octanol–water partition coefficient (Wildman–Crippen LogP) is 2.65. The summed E-state index contributed by atoms with van der Waals surface area (Å²) in [6.07, 6.45) is 3.90. The second kappa shape index (κ2) is 4.01. The molecule has 0 aliphatic carbocycles. The quantitative estimate of drug-likeness (QED) is 0.735. The Morgan fingerprint density at radius 3 is 2.67 bits per heavy atom. The molecule has 0 spiro atoms. The molecule has 1 heterocycles. The fourth-order valence-corrected chi connectivity index (χ4v) is 3.29. The van der Waals surface area contributed by atoms with Crippen LogP contribution in [0.2, 0.25) is 0 Å². The van der Waals surface area contributed by atoms with Gasteiger partial charge in [0.25, 0.3) is 0 Å². The van der Waals surface area contributed by atoms with E-state index in [0.29, 0.717) is 10.8 Å². The molecular weight excluding hydrogens is 166 g/mol. The molecule has 0 radical (unpaired) electrons. The zero-order valence-electron chi connectivity index (χ0n) is 8.47. The summed E-state index contributed by atoms with van der Waals surface area (Å²) in [6.45, 7) is 6.85. The van der Waals surface area contributed by atoms with E-state index in [1.807, 2.05) is 0 Å². The van der Waals surface area contributed by atoms with Gasteiger partial charge in [0.2, 0.25) is 0 Å². The van der Waals surface area contributed by atoms with Crippen LogP contribution in [0.4, 0.5) is 0 Å². The van der Waals surface area contributed by atoms with Crippen LogP contribution in [0.3, 0.4) is 0 Å². The van der Waals surface area contributed by atoms with Crippen LogP contribution in [-0.4, -0.2) is 16.5 Å². The normalized spacial score (nSPS) is 30.5. The van der Waals surface area contributed by atoms with Gasteiger partial charge >= 0.3 is 0 Å². The van der Waals surface area contributed by atoms with Crippen molar-refractivity contribution in [2.75, 3.05) is 5.75 Å². The van der Waals surface area contributed by atoms with Gasteiger partial charge in [-0.3, -0.25) is 0 Å². The third-order valence-corrected chi connectivity index (χ3v) is 4.41. The van der Waals surface area contributed by atoms with Crippen molar-refractivity contribution in [1.29, 1.82) is 0 Å². The van der Waals surface area contributed by atoms with Gasteiger partial charge in [-0.2, -0.15) is 11.8 Å².